The highest BCUT2D eigenvalue weighted by molar-refractivity contribution is 14.1. The maximum Gasteiger partial charge on any atom is 0.326 e. The molecule has 0 saturated heterocycles. The van der Waals surface area contributed by atoms with E-state index < -0.39 is 12.0 Å². The summed E-state index contributed by atoms with van der Waals surface area (Å²) in [5, 5.41) is 14.2. The number of nitrogens with one attached hydrogen (secondary N) is 2. The van der Waals surface area contributed by atoms with Crippen LogP contribution in [-0.4, -0.2) is 35.5 Å². The number of carboxylic acid groups (broad SMARTS) is 1. The zero-order valence-electron chi connectivity index (χ0n) is 14.4. The smallest absolute Gasteiger partial charge is 0.326 e. The first-order valence-corrected chi connectivity index (χ1v) is 9.47. The summed E-state index contributed by atoms with van der Waals surface area (Å²) < 4.78 is 1.20. The Morgan fingerprint density at radius 1 is 1.12 bits per heavy atom. The van der Waals surface area contributed by atoms with Crippen molar-refractivity contribution in [1.82, 2.24) is 10.6 Å². The quantitative estimate of drug-likeness (QED) is 0.349. The third-order valence-corrected chi connectivity index (χ3v) is 4.42. The fraction of sp³-hybridized carbons (Fsp3) is 0.500. The van der Waals surface area contributed by atoms with E-state index in [0.29, 0.717) is 32.2 Å². The molecule has 3 N–H and O–H groups in total. The van der Waals surface area contributed by atoms with Gasteiger partial charge in [0, 0.05) is 23.5 Å². The number of hydrogen-bond donors (Lipinski definition) is 3. The molecular weight excluding hydrogens is 435 g/mol. The molecule has 0 saturated carbocycles. The van der Waals surface area contributed by atoms with E-state index in [4.69, 9.17) is 5.11 Å². The topological polar surface area (TPSA) is 95.5 Å². The number of amides is 2. The van der Waals surface area contributed by atoms with Crippen molar-refractivity contribution >= 4 is 40.4 Å². The highest BCUT2D eigenvalue weighted by Crippen LogP contribution is 2.09. The lowest BCUT2D eigenvalue weighted by Crippen LogP contribution is -2.39. The molecule has 1 aromatic carbocycles. The summed E-state index contributed by atoms with van der Waals surface area (Å²) in [6.07, 6.45) is 3.83. The number of halogens is 1. The number of carbonyl (C=O) groups is 3. The molecule has 138 valence electrons. The van der Waals surface area contributed by atoms with Crippen molar-refractivity contribution < 1.29 is 19.5 Å². The van der Waals surface area contributed by atoms with E-state index in [2.05, 4.69) is 57.5 Å². The van der Waals surface area contributed by atoms with Crippen molar-refractivity contribution in [2.45, 2.75) is 51.5 Å². The van der Waals surface area contributed by atoms with Gasteiger partial charge in [-0.2, -0.15) is 0 Å². The lowest BCUT2D eigenvalue weighted by Gasteiger charge is -2.13. The molecule has 25 heavy (non-hydrogen) atoms. The van der Waals surface area contributed by atoms with E-state index in [-0.39, 0.29) is 11.8 Å². The molecule has 1 rings (SSSR count). The maximum atomic E-state index is 11.8. The molecular formula is C18H25IN2O4. The summed E-state index contributed by atoms with van der Waals surface area (Å²) in [5.41, 5.74) is 1.23. The molecule has 0 aliphatic heterocycles. The minimum atomic E-state index is -1.03. The van der Waals surface area contributed by atoms with E-state index in [1.807, 2.05) is 0 Å². The Kier molecular flexibility index (Phi) is 10.1. The van der Waals surface area contributed by atoms with Gasteiger partial charge in [0.2, 0.25) is 11.8 Å². The fourth-order valence-corrected chi connectivity index (χ4v) is 2.76. The Hall–Kier alpha value is -1.64. The number of unbranched alkanes of at least 4 members (excludes halogenated alkanes) is 1. The summed E-state index contributed by atoms with van der Waals surface area (Å²) in [6, 6.07) is 7.41. The van der Waals surface area contributed by atoms with Crippen molar-refractivity contribution in [3.05, 3.63) is 33.4 Å². The van der Waals surface area contributed by atoms with Crippen LogP contribution in [0, 0.1) is 3.57 Å². The zero-order valence-corrected chi connectivity index (χ0v) is 16.5. The van der Waals surface area contributed by atoms with E-state index in [0.717, 1.165) is 12.8 Å². The molecule has 0 radical (unpaired) electrons. The summed E-state index contributed by atoms with van der Waals surface area (Å²) in [5.74, 6) is -1.37. The van der Waals surface area contributed by atoms with Gasteiger partial charge in [0.05, 0.1) is 0 Å². The predicted molar refractivity (Wildman–Crippen MR) is 104 cm³/mol. The summed E-state index contributed by atoms with van der Waals surface area (Å²) in [4.78, 5) is 33.7. The van der Waals surface area contributed by atoms with E-state index in [9.17, 15) is 14.4 Å². The Morgan fingerprint density at radius 3 is 2.40 bits per heavy atom. The molecule has 1 atom stereocenters. The van der Waals surface area contributed by atoms with Crippen LogP contribution in [0.1, 0.15) is 44.6 Å². The molecule has 0 unspecified atom stereocenters. The van der Waals surface area contributed by atoms with Crippen molar-refractivity contribution in [1.29, 1.82) is 0 Å². The lowest BCUT2D eigenvalue weighted by atomic mass is 10.1. The summed E-state index contributed by atoms with van der Waals surface area (Å²) >= 11 is 2.26. The second-order valence-electron chi connectivity index (χ2n) is 5.92. The van der Waals surface area contributed by atoms with Gasteiger partial charge >= 0.3 is 5.97 Å². The molecule has 0 bridgehead atoms. The van der Waals surface area contributed by atoms with Crippen LogP contribution in [0.4, 0.5) is 0 Å². The van der Waals surface area contributed by atoms with Crippen LogP contribution in [0.5, 0.6) is 0 Å². The average molecular weight is 460 g/mol. The summed E-state index contributed by atoms with van der Waals surface area (Å²) in [6.45, 7) is 1.82. The molecule has 0 aliphatic carbocycles. The number of hydrogen-bond acceptors (Lipinski definition) is 3. The van der Waals surface area contributed by atoms with Crippen molar-refractivity contribution in [2.75, 3.05) is 6.54 Å². The van der Waals surface area contributed by atoms with Crippen molar-refractivity contribution in [2.24, 2.45) is 0 Å². The highest BCUT2D eigenvalue weighted by atomic mass is 127. The standard InChI is InChI=1S/C18H25IN2O4/c1-13(22)21-16(18(24)25)6-2-3-12-20-17(23)7-4-5-14-8-10-15(19)11-9-14/h8-11,16H,2-7,12H2,1H3,(H,20,23)(H,21,22)(H,24,25)/t16-/m0/s1. The Labute approximate surface area is 161 Å². The number of rotatable bonds is 11. The molecule has 2 amide bonds. The first-order chi connectivity index (χ1) is 11.9. The van der Waals surface area contributed by atoms with Crippen LogP contribution in [0.3, 0.4) is 0 Å². The SMILES string of the molecule is CC(=O)N[C@@H](CCCCNC(=O)CCCc1ccc(I)cc1)C(=O)O. The van der Waals surface area contributed by atoms with Gasteiger partial charge in [0.15, 0.2) is 0 Å². The largest absolute Gasteiger partial charge is 0.480 e. The first kappa shape index (κ1) is 21.4. The highest BCUT2D eigenvalue weighted by Gasteiger charge is 2.17. The van der Waals surface area contributed by atoms with Crippen LogP contribution in [0.2, 0.25) is 0 Å². The van der Waals surface area contributed by atoms with E-state index in [1.165, 1.54) is 16.1 Å². The van der Waals surface area contributed by atoms with Crippen molar-refractivity contribution in [3.63, 3.8) is 0 Å². The van der Waals surface area contributed by atoms with Gasteiger partial charge in [-0.25, -0.2) is 4.79 Å². The molecule has 0 heterocycles. The van der Waals surface area contributed by atoms with Gasteiger partial charge in [-0.15, -0.1) is 0 Å². The normalized spacial score (nSPS) is 11.6. The molecule has 1 aromatic rings. The van der Waals surface area contributed by atoms with Crippen LogP contribution < -0.4 is 10.6 Å². The minimum Gasteiger partial charge on any atom is -0.480 e. The third kappa shape index (κ3) is 10.1. The van der Waals surface area contributed by atoms with Gasteiger partial charge in [-0.05, 0) is 72.4 Å². The Morgan fingerprint density at radius 2 is 1.80 bits per heavy atom. The van der Waals surface area contributed by atoms with Gasteiger partial charge < -0.3 is 15.7 Å². The van der Waals surface area contributed by atoms with Gasteiger partial charge in [-0.1, -0.05) is 12.1 Å². The average Bonchev–Trinajstić information content (AvgIpc) is 2.54. The van der Waals surface area contributed by atoms with Gasteiger partial charge in [-0.3, -0.25) is 9.59 Å². The molecule has 0 spiro atoms. The lowest BCUT2D eigenvalue weighted by molar-refractivity contribution is -0.141. The number of aliphatic carboxylic acids is 1. The minimum absolute atomic E-state index is 0.0159. The predicted octanol–water partition coefficient (Wildman–Crippen LogP) is 2.49. The second-order valence-corrected chi connectivity index (χ2v) is 7.16. The van der Waals surface area contributed by atoms with Crippen LogP contribution in [0.25, 0.3) is 0 Å². The number of carbonyl (C=O) groups excluding carboxylic acids is 2. The number of benzene rings is 1. The molecule has 0 fully saturated rings. The van der Waals surface area contributed by atoms with Gasteiger partial charge in [0.1, 0.15) is 6.04 Å². The Bertz CT molecular complexity index is 575. The summed E-state index contributed by atoms with van der Waals surface area (Å²) in [7, 11) is 0. The third-order valence-electron chi connectivity index (χ3n) is 3.70. The van der Waals surface area contributed by atoms with Crippen LogP contribution in [-0.2, 0) is 20.8 Å². The van der Waals surface area contributed by atoms with Crippen LogP contribution in [0.15, 0.2) is 24.3 Å². The van der Waals surface area contributed by atoms with E-state index in [1.54, 1.807) is 0 Å². The number of carboxylic acids is 1. The molecule has 7 heteroatoms. The Balaban J connectivity index is 2.10. The van der Waals surface area contributed by atoms with Crippen molar-refractivity contribution in [3.8, 4) is 0 Å². The van der Waals surface area contributed by atoms with Gasteiger partial charge in [0.25, 0.3) is 0 Å². The molecule has 6 nitrogen and oxygen atoms in total. The second kappa shape index (κ2) is 11.8. The molecule has 0 aromatic heterocycles. The molecule has 0 aliphatic rings. The number of aryl methyl sites for hydroxylation is 1. The monoisotopic (exact) mass is 460 g/mol. The van der Waals surface area contributed by atoms with Crippen LogP contribution >= 0.6 is 22.6 Å². The first-order valence-electron chi connectivity index (χ1n) is 8.39. The zero-order chi connectivity index (χ0) is 18.7. The fourth-order valence-electron chi connectivity index (χ4n) is 2.40. The van der Waals surface area contributed by atoms with E-state index >= 15 is 0 Å². The maximum absolute atomic E-state index is 11.8.